The molecule has 35 heavy (non-hydrogen) atoms. The van der Waals surface area contributed by atoms with Crippen LogP contribution in [0.3, 0.4) is 0 Å². The minimum absolute atomic E-state index is 0.0709. The quantitative estimate of drug-likeness (QED) is 0.240. The summed E-state index contributed by atoms with van der Waals surface area (Å²) >= 11 is 16.3. The Morgan fingerprint density at radius 2 is 1.97 bits per heavy atom. The lowest BCUT2D eigenvalue weighted by Gasteiger charge is -2.15. The van der Waals surface area contributed by atoms with E-state index in [1.54, 1.807) is 30.3 Å². The molecule has 6 nitrogen and oxygen atoms in total. The Kier molecular flexibility index (Phi) is 7.81. The van der Waals surface area contributed by atoms with Gasteiger partial charge in [-0.3, -0.25) is 9.69 Å². The first-order chi connectivity index (χ1) is 16.8. The van der Waals surface area contributed by atoms with Crippen LogP contribution in [0.1, 0.15) is 21.5 Å². The zero-order chi connectivity index (χ0) is 25.1. The van der Waals surface area contributed by atoms with Crippen LogP contribution >= 0.6 is 51.5 Å². The van der Waals surface area contributed by atoms with Gasteiger partial charge in [-0.25, -0.2) is 4.79 Å². The van der Waals surface area contributed by atoms with Gasteiger partial charge in [-0.05, 0) is 64.0 Å². The number of carboxylic acids is 1. The second-order valence-electron chi connectivity index (χ2n) is 7.29. The second-order valence-corrected chi connectivity index (χ2v) is 10.2. The molecule has 0 radical (unpaired) electrons. The van der Waals surface area contributed by atoms with Crippen LogP contribution in [0.5, 0.6) is 11.5 Å². The van der Waals surface area contributed by atoms with E-state index in [-0.39, 0.29) is 18.1 Å². The van der Waals surface area contributed by atoms with Gasteiger partial charge >= 0.3 is 5.97 Å². The number of hydrogen-bond acceptors (Lipinski definition) is 6. The Morgan fingerprint density at radius 3 is 2.69 bits per heavy atom. The number of amides is 1. The molecule has 1 amide bonds. The molecule has 0 aromatic heterocycles. The highest BCUT2D eigenvalue weighted by Crippen LogP contribution is 2.40. The van der Waals surface area contributed by atoms with Gasteiger partial charge in [0.1, 0.15) is 6.61 Å². The monoisotopic (exact) mass is 589 g/mol. The minimum atomic E-state index is -1.08. The number of benzene rings is 3. The van der Waals surface area contributed by atoms with Crippen molar-refractivity contribution in [2.45, 2.75) is 6.61 Å². The molecule has 1 fully saturated rings. The Labute approximate surface area is 224 Å². The van der Waals surface area contributed by atoms with Crippen molar-refractivity contribution in [1.82, 2.24) is 0 Å². The first-order valence-corrected chi connectivity index (χ1v) is 12.5. The van der Waals surface area contributed by atoms with Gasteiger partial charge in [0.2, 0.25) is 0 Å². The van der Waals surface area contributed by atoms with Gasteiger partial charge in [-0.1, -0.05) is 59.8 Å². The van der Waals surface area contributed by atoms with Crippen LogP contribution in [0.25, 0.3) is 6.08 Å². The minimum Gasteiger partial charge on any atom is -0.493 e. The number of carbonyl (C=O) groups excluding carboxylic acids is 1. The van der Waals surface area contributed by atoms with E-state index in [0.717, 1.165) is 17.3 Å². The van der Waals surface area contributed by atoms with Gasteiger partial charge in [0.15, 0.2) is 15.8 Å². The van der Waals surface area contributed by atoms with Gasteiger partial charge < -0.3 is 14.6 Å². The van der Waals surface area contributed by atoms with Gasteiger partial charge in [-0.2, -0.15) is 0 Å². The summed E-state index contributed by atoms with van der Waals surface area (Å²) in [5, 5.41) is 9.87. The lowest BCUT2D eigenvalue weighted by atomic mass is 10.1. The van der Waals surface area contributed by atoms with E-state index in [1.807, 2.05) is 24.3 Å². The number of carbonyl (C=O) groups is 2. The molecule has 3 aromatic rings. The van der Waals surface area contributed by atoms with Crippen LogP contribution in [0.4, 0.5) is 5.69 Å². The molecule has 1 aliphatic rings. The molecule has 0 unspecified atom stereocenters. The molecule has 1 aliphatic heterocycles. The Morgan fingerprint density at radius 1 is 1.20 bits per heavy atom. The van der Waals surface area contributed by atoms with Crippen molar-refractivity contribution in [3.8, 4) is 11.5 Å². The number of carboxylic acid groups (broad SMARTS) is 1. The number of thioether (sulfide) groups is 1. The standard InChI is InChI=1S/C25H17BrClNO5S2/c1-32-20-10-14(9-18(26)22(20)33-13-16-5-2-3-8-19(16)27)11-21-23(29)28(25(34)35-21)17-7-4-6-15(12-17)24(30)31/h2-12H,13H2,1H3,(H,30,31). The molecule has 3 aromatic carbocycles. The zero-order valence-electron chi connectivity index (χ0n) is 18.2. The molecule has 1 N–H and O–H groups in total. The summed E-state index contributed by atoms with van der Waals surface area (Å²) in [5.74, 6) is -0.441. The Balaban J connectivity index is 1.59. The first-order valence-electron chi connectivity index (χ1n) is 10.1. The van der Waals surface area contributed by atoms with Crippen LogP contribution in [-0.4, -0.2) is 28.4 Å². The molecule has 4 rings (SSSR count). The highest BCUT2D eigenvalue weighted by atomic mass is 79.9. The number of aromatic carboxylic acids is 1. The molecule has 10 heteroatoms. The maximum Gasteiger partial charge on any atom is 0.335 e. The number of ether oxygens (including phenoxy) is 2. The van der Waals surface area contributed by atoms with E-state index >= 15 is 0 Å². The van der Waals surface area contributed by atoms with Gasteiger partial charge in [0.05, 0.1) is 27.7 Å². The Hall–Kier alpha value is -2.85. The van der Waals surface area contributed by atoms with Crippen molar-refractivity contribution < 1.29 is 24.2 Å². The van der Waals surface area contributed by atoms with Crippen molar-refractivity contribution in [3.05, 3.63) is 91.8 Å². The molecule has 0 saturated carbocycles. The Bertz CT molecular complexity index is 1380. The van der Waals surface area contributed by atoms with Gasteiger partial charge in [-0.15, -0.1) is 0 Å². The normalized spacial score (nSPS) is 14.5. The van der Waals surface area contributed by atoms with E-state index in [2.05, 4.69) is 15.9 Å². The van der Waals surface area contributed by atoms with Crippen LogP contribution in [-0.2, 0) is 11.4 Å². The maximum atomic E-state index is 13.1. The van der Waals surface area contributed by atoms with Gasteiger partial charge in [0.25, 0.3) is 5.91 Å². The highest BCUT2D eigenvalue weighted by Gasteiger charge is 2.33. The number of anilines is 1. The number of nitrogens with zero attached hydrogens (tertiary/aromatic N) is 1. The fourth-order valence-electron chi connectivity index (χ4n) is 3.35. The molecular weight excluding hydrogens is 574 g/mol. The second kappa shape index (κ2) is 10.8. The van der Waals surface area contributed by atoms with Crippen LogP contribution < -0.4 is 14.4 Å². The average molecular weight is 591 g/mol. The summed E-state index contributed by atoms with van der Waals surface area (Å²) in [6.07, 6.45) is 1.70. The molecule has 178 valence electrons. The summed E-state index contributed by atoms with van der Waals surface area (Å²) < 4.78 is 12.4. The van der Waals surface area contributed by atoms with Crippen molar-refractivity contribution in [3.63, 3.8) is 0 Å². The van der Waals surface area contributed by atoms with Crippen molar-refractivity contribution in [2.75, 3.05) is 12.0 Å². The third kappa shape index (κ3) is 5.54. The number of thiocarbonyl (C=S) groups is 1. The lowest BCUT2D eigenvalue weighted by Crippen LogP contribution is -2.27. The van der Waals surface area contributed by atoms with Gasteiger partial charge in [0, 0.05) is 10.6 Å². The first kappa shape index (κ1) is 25.2. The van der Waals surface area contributed by atoms with E-state index < -0.39 is 5.97 Å². The van der Waals surface area contributed by atoms with Crippen molar-refractivity contribution >= 4 is 79.5 Å². The summed E-state index contributed by atoms with van der Waals surface area (Å²) in [6.45, 7) is 0.252. The van der Waals surface area contributed by atoms with Crippen LogP contribution in [0, 0.1) is 0 Å². The van der Waals surface area contributed by atoms with Crippen LogP contribution in [0.15, 0.2) is 70.0 Å². The van der Waals surface area contributed by atoms with Crippen LogP contribution in [0.2, 0.25) is 5.02 Å². The molecule has 0 spiro atoms. The topological polar surface area (TPSA) is 76.1 Å². The smallest absolute Gasteiger partial charge is 0.335 e. The number of halogens is 2. The summed E-state index contributed by atoms with van der Waals surface area (Å²) in [5.41, 5.74) is 2.00. The highest BCUT2D eigenvalue weighted by molar-refractivity contribution is 9.10. The summed E-state index contributed by atoms with van der Waals surface area (Å²) in [6, 6.07) is 17.1. The third-order valence-corrected chi connectivity index (χ3v) is 7.28. The summed E-state index contributed by atoms with van der Waals surface area (Å²) in [4.78, 5) is 26.2. The summed E-state index contributed by atoms with van der Waals surface area (Å²) in [7, 11) is 1.53. The molecule has 0 bridgehead atoms. The molecular formula is C25H17BrClNO5S2. The lowest BCUT2D eigenvalue weighted by molar-refractivity contribution is -0.113. The number of hydrogen-bond donors (Lipinski definition) is 1. The third-order valence-electron chi connectivity index (χ3n) is 5.02. The fourth-order valence-corrected chi connectivity index (χ4v) is 5.41. The fraction of sp³-hybridized carbons (Fsp3) is 0.0800. The average Bonchev–Trinajstić information content (AvgIpc) is 3.11. The van der Waals surface area contributed by atoms with E-state index in [0.29, 0.717) is 41.5 Å². The predicted octanol–water partition coefficient (Wildman–Crippen LogP) is 6.79. The predicted molar refractivity (Wildman–Crippen MR) is 146 cm³/mol. The zero-order valence-corrected chi connectivity index (χ0v) is 22.1. The maximum absolute atomic E-state index is 13.1. The molecule has 0 aliphatic carbocycles. The van der Waals surface area contributed by atoms with E-state index in [1.165, 1.54) is 24.1 Å². The molecule has 1 heterocycles. The largest absolute Gasteiger partial charge is 0.493 e. The van der Waals surface area contributed by atoms with Crippen molar-refractivity contribution in [2.24, 2.45) is 0 Å². The molecule has 1 saturated heterocycles. The number of rotatable bonds is 7. The molecule has 0 atom stereocenters. The van der Waals surface area contributed by atoms with E-state index in [9.17, 15) is 14.7 Å². The van der Waals surface area contributed by atoms with Crippen molar-refractivity contribution in [1.29, 1.82) is 0 Å². The van der Waals surface area contributed by atoms with E-state index in [4.69, 9.17) is 33.3 Å². The number of methoxy groups -OCH3 is 1. The SMILES string of the molecule is COc1cc(C=C2SC(=S)N(c3cccc(C(=O)O)c3)C2=O)cc(Br)c1OCc1ccccc1Cl.